The van der Waals surface area contributed by atoms with Crippen molar-refractivity contribution >= 4 is 5.91 Å². The highest BCUT2D eigenvalue weighted by Gasteiger charge is 2.15. The van der Waals surface area contributed by atoms with Crippen LogP contribution in [0.4, 0.5) is 0 Å². The first kappa shape index (κ1) is 18.4. The lowest BCUT2D eigenvalue weighted by atomic mass is 10.2. The smallest absolute Gasteiger partial charge is 0.246 e. The Labute approximate surface area is 122 Å². The largest absolute Gasteiger partial charge is 0.870 e. The molecule has 4 heteroatoms. The number of benzene rings is 1. The second-order valence-electron chi connectivity index (χ2n) is 5.69. The molecule has 0 unspecified atom stereocenters. The maximum atomic E-state index is 11.3. The fourth-order valence-electron chi connectivity index (χ4n) is 2.02. The summed E-state index contributed by atoms with van der Waals surface area (Å²) in [5.41, 5.74) is 1.91. The Morgan fingerprint density at radius 3 is 2.40 bits per heavy atom. The number of hydrogen-bond donors (Lipinski definition) is 1. The molecule has 4 nitrogen and oxygen atoms in total. The van der Waals surface area contributed by atoms with Crippen molar-refractivity contribution < 1.29 is 14.8 Å². The number of hydrogen-bond acceptors (Lipinski definition) is 2. The summed E-state index contributed by atoms with van der Waals surface area (Å²) in [6, 6.07) is 10.5. The van der Waals surface area contributed by atoms with E-state index in [1.165, 1.54) is 5.56 Å². The molecule has 0 spiro atoms. The standard InChI is InChI=1S/C16H24N2O.H2O/c1-14(2)16(19)17-11-8-12-18(3,4)13-15-9-6-5-7-10-15;/h5-7,9-10H,1,8,11-13H2,2-4H3;1H2. The molecule has 2 N–H and O–H groups in total. The van der Waals surface area contributed by atoms with Crippen molar-refractivity contribution in [3.8, 4) is 0 Å². The van der Waals surface area contributed by atoms with Gasteiger partial charge in [-0.25, -0.2) is 0 Å². The number of nitrogens with one attached hydrogen (secondary N) is 1. The van der Waals surface area contributed by atoms with Gasteiger partial charge in [0.05, 0.1) is 20.6 Å². The summed E-state index contributed by atoms with van der Waals surface area (Å²) in [6.07, 6.45) is 0.971. The average Bonchev–Trinajstić information content (AvgIpc) is 2.35. The van der Waals surface area contributed by atoms with E-state index in [0.29, 0.717) is 12.1 Å². The summed E-state index contributed by atoms with van der Waals surface area (Å²) in [6.45, 7) is 8.10. The van der Waals surface area contributed by atoms with Crippen molar-refractivity contribution in [1.82, 2.24) is 5.32 Å². The molecular formula is C16H26N2O2. The zero-order valence-electron chi connectivity index (χ0n) is 12.7. The zero-order valence-corrected chi connectivity index (χ0v) is 12.7. The molecule has 1 aromatic carbocycles. The lowest BCUT2D eigenvalue weighted by Crippen LogP contribution is -2.41. The minimum absolute atomic E-state index is 0. The van der Waals surface area contributed by atoms with Gasteiger partial charge in [-0.05, 0) is 6.92 Å². The maximum Gasteiger partial charge on any atom is 0.246 e. The van der Waals surface area contributed by atoms with E-state index in [4.69, 9.17) is 0 Å². The molecule has 0 aromatic heterocycles. The van der Waals surface area contributed by atoms with Crippen molar-refractivity contribution in [2.45, 2.75) is 19.9 Å². The molecule has 0 saturated carbocycles. The van der Waals surface area contributed by atoms with Crippen LogP contribution in [0.15, 0.2) is 42.5 Å². The number of quaternary nitrogens is 1. The quantitative estimate of drug-likeness (QED) is 0.472. The minimum atomic E-state index is -0.0478. The second-order valence-corrected chi connectivity index (χ2v) is 5.69. The normalized spacial score (nSPS) is 10.6. The molecule has 0 aliphatic rings. The Kier molecular flexibility index (Phi) is 7.80. The molecule has 0 atom stereocenters. The summed E-state index contributed by atoms with van der Waals surface area (Å²) in [4.78, 5) is 11.3. The molecular weight excluding hydrogens is 252 g/mol. The van der Waals surface area contributed by atoms with Crippen LogP contribution < -0.4 is 5.32 Å². The Morgan fingerprint density at radius 2 is 1.85 bits per heavy atom. The van der Waals surface area contributed by atoms with E-state index in [0.717, 1.165) is 24.0 Å². The Hall–Kier alpha value is -1.65. The van der Waals surface area contributed by atoms with Gasteiger partial charge in [-0.3, -0.25) is 4.79 Å². The molecule has 0 radical (unpaired) electrons. The van der Waals surface area contributed by atoms with E-state index in [2.05, 4.69) is 50.3 Å². The van der Waals surface area contributed by atoms with Crippen LogP contribution in [0.5, 0.6) is 0 Å². The van der Waals surface area contributed by atoms with E-state index in [1.807, 2.05) is 6.07 Å². The highest BCUT2D eigenvalue weighted by Crippen LogP contribution is 2.09. The Bertz CT molecular complexity index is 427. The van der Waals surface area contributed by atoms with Gasteiger partial charge in [-0.2, -0.15) is 0 Å². The monoisotopic (exact) mass is 278 g/mol. The van der Waals surface area contributed by atoms with Crippen molar-refractivity contribution in [3.05, 3.63) is 48.0 Å². The number of carbonyl (C=O) groups excluding carboxylic acids is 1. The van der Waals surface area contributed by atoms with Crippen LogP contribution in [0, 0.1) is 0 Å². The fourth-order valence-corrected chi connectivity index (χ4v) is 2.02. The van der Waals surface area contributed by atoms with Gasteiger partial charge in [-0.1, -0.05) is 36.9 Å². The van der Waals surface area contributed by atoms with Gasteiger partial charge in [0, 0.05) is 24.1 Å². The van der Waals surface area contributed by atoms with Crippen LogP contribution in [0.1, 0.15) is 18.9 Å². The van der Waals surface area contributed by atoms with Gasteiger partial charge in [0.1, 0.15) is 6.54 Å². The summed E-state index contributed by atoms with van der Waals surface area (Å²) < 4.78 is 0.924. The molecule has 20 heavy (non-hydrogen) atoms. The van der Waals surface area contributed by atoms with Crippen molar-refractivity contribution in [2.24, 2.45) is 0 Å². The zero-order chi connectivity index (χ0) is 14.3. The van der Waals surface area contributed by atoms with Gasteiger partial charge in [0.15, 0.2) is 0 Å². The third kappa shape index (κ3) is 7.07. The molecule has 0 aliphatic heterocycles. The van der Waals surface area contributed by atoms with Crippen LogP contribution in [0.2, 0.25) is 0 Å². The summed E-state index contributed by atoms with van der Waals surface area (Å²) in [5, 5.41) is 2.87. The third-order valence-electron chi connectivity index (χ3n) is 3.07. The lowest BCUT2D eigenvalue weighted by molar-refractivity contribution is -0.903. The third-order valence-corrected chi connectivity index (χ3v) is 3.07. The van der Waals surface area contributed by atoms with Gasteiger partial charge < -0.3 is 15.3 Å². The summed E-state index contributed by atoms with van der Waals surface area (Å²) in [5.74, 6) is -0.0478. The fraction of sp³-hybridized carbons (Fsp3) is 0.438. The van der Waals surface area contributed by atoms with E-state index >= 15 is 0 Å². The summed E-state index contributed by atoms with van der Waals surface area (Å²) >= 11 is 0. The van der Waals surface area contributed by atoms with Crippen LogP contribution in [-0.4, -0.2) is 43.1 Å². The van der Waals surface area contributed by atoms with Gasteiger partial charge >= 0.3 is 0 Å². The van der Waals surface area contributed by atoms with Crippen LogP contribution in [0.25, 0.3) is 0 Å². The topological polar surface area (TPSA) is 59.1 Å². The Morgan fingerprint density at radius 1 is 1.25 bits per heavy atom. The molecule has 112 valence electrons. The number of amides is 1. The minimum Gasteiger partial charge on any atom is -0.870 e. The Balaban J connectivity index is 0.00000361. The van der Waals surface area contributed by atoms with E-state index < -0.39 is 0 Å². The van der Waals surface area contributed by atoms with E-state index in [-0.39, 0.29) is 11.4 Å². The second kappa shape index (κ2) is 8.51. The van der Waals surface area contributed by atoms with Crippen molar-refractivity contribution in [2.75, 3.05) is 27.2 Å². The predicted octanol–water partition coefficient (Wildman–Crippen LogP) is 2.17. The maximum absolute atomic E-state index is 11.3. The lowest BCUT2D eigenvalue weighted by Gasteiger charge is -2.30. The molecule has 1 aromatic rings. The van der Waals surface area contributed by atoms with E-state index in [9.17, 15) is 4.79 Å². The number of carbonyl (C=O) groups is 1. The molecule has 0 bridgehead atoms. The first-order chi connectivity index (χ1) is 8.91. The van der Waals surface area contributed by atoms with Gasteiger partial charge in [0.2, 0.25) is 5.91 Å². The summed E-state index contributed by atoms with van der Waals surface area (Å²) in [7, 11) is 4.43. The first-order valence-electron chi connectivity index (χ1n) is 6.70. The highest BCUT2D eigenvalue weighted by molar-refractivity contribution is 5.91. The molecule has 1 rings (SSSR count). The van der Waals surface area contributed by atoms with Crippen LogP contribution >= 0.6 is 0 Å². The van der Waals surface area contributed by atoms with Gasteiger partial charge in [-0.15, -0.1) is 0 Å². The average molecular weight is 278 g/mol. The highest BCUT2D eigenvalue weighted by atomic mass is 16.1. The predicted molar refractivity (Wildman–Crippen MR) is 81.5 cm³/mol. The molecule has 0 fully saturated rings. The SMILES string of the molecule is C=C(C)C(=O)NCCC[N+](C)(C)Cc1ccccc1.[OH-]. The molecule has 0 heterocycles. The number of rotatable bonds is 7. The van der Waals surface area contributed by atoms with E-state index in [1.54, 1.807) is 6.92 Å². The molecule has 1 amide bonds. The van der Waals surface area contributed by atoms with Crippen molar-refractivity contribution in [1.29, 1.82) is 0 Å². The van der Waals surface area contributed by atoms with Crippen LogP contribution in [-0.2, 0) is 11.3 Å². The molecule has 0 aliphatic carbocycles. The molecule has 0 saturated heterocycles. The first-order valence-corrected chi connectivity index (χ1v) is 6.70. The van der Waals surface area contributed by atoms with Crippen molar-refractivity contribution in [3.63, 3.8) is 0 Å². The van der Waals surface area contributed by atoms with Crippen LogP contribution in [0.3, 0.4) is 0 Å². The van der Waals surface area contributed by atoms with Gasteiger partial charge in [0.25, 0.3) is 0 Å². The number of nitrogens with zero attached hydrogens (tertiary/aromatic N) is 1.